The fourth-order valence-electron chi connectivity index (χ4n) is 2.23. The van der Waals surface area contributed by atoms with Crippen LogP contribution in [-0.2, 0) is 15.0 Å². The summed E-state index contributed by atoms with van der Waals surface area (Å²) in [7, 11) is 0. The van der Waals surface area contributed by atoms with Gasteiger partial charge < -0.3 is 10.4 Å². The molecule has 1 aromatic rings. The fourth-order valence-corrected chi connectivity index (χ4v) is 2.35. The molecule has 0 aromatic heterocycles. The largest absolute Gasteiger partial charge is 0.480 e. The molecule has 1 aliphatic rings. The molecule has 1 fully saturated rings. The van der Waals surface area contributed by atoms with Crippen LogP contribution in [0.25, 0.3) is 0 Å². The first-order valence-electron chi connectivity index (χ1n) is 6.40. The third kappa shape index (κ3) is 2.85. The van der Waals surface area contributed by atoms with Gasteiger partial charge in [0.05, 0.1) is 5.41 Å². The molecular formula is C15H16ClNO3. The minimum atomic E-state index is -1.05. The number of carboxylic acids is 1. The normalized spacial score (nSPS) is 17.1. The highest BCUT2D eigenvalue weighted by molar-refractivity contribution is 6.30. The molecule has 20 heavy (non-hydrogen) atoms. The number of hydrogen-bond acceptors (Lipinski definition) is 2. The molecule has 0 aliphatic heterocycles. The van der Waals surface area contributed by atoms with Gasteiger partial charge in [0.25, 0.3) is 0 Å². The Bertz CT molecular complexity index is 535. The summed E-state index contributed by atoms with van der Waals surface area (Å²) in [6.07, 6.45) is 3.14. The lowest BCUT2D eigenvalue weighted by molar-refractivity contribution is -0.142. The number of amides is 1. The molecule has 1 amide bonds. The van der Waals surface area contributed by atoms with Crippen LogP contribution in [0.2, 0.25) is 5.02 Å². The van der Waals surface area contributed by atoms with Crippen LogP contribution in [0.5, 0.6) is 0 Å². The molecular weight excluding hydrogens is 278 g/mol. The first-order chi connectivity index (χ1) is 9.49. The van der Waals surface area contributed by atoms with Crippen LogP contribution in [0.3, 0.4) is 0 Å². The van der Waals surface area contributed by atoms with Crippen molar-refractivity contribution in [3.05, 3.63) is 47.5 Å². The Balaban J connectivity index is 2.13. The van der Waals surface area contributed by atoms with E-state index in [1.807, 2.05) is 12.1 Å². The number of carbonyl (C=O) groups excluding carboxylic acids is 1. The zero-order chi connectivity index (χ0) is 14.8. The molecule has 2 N–H and O–H groups in total. The monoisotopic (exact) mass is 293 g/mol. The van der Waals surface area contributed by atoms with E-state index in [0.717, 1.165) is 18.4 Å². The summed E-state index contributed by atoms with van der Waals surface area (Å²) >= 11 is 5.84. The predicted octanol–water partition coefficient (Wildman–Crippen LogP) is 2.52. The second-order valence-corrected chi connectivity index (χ2v) is 5.41. The molecule has 0 bridgehead atoms. The molecule has 5 heteroatoms. The highest BCUT2D eigenvalue weighted by Crippen LogP contribution is 2.48. The van der Waals surface area contributed by atoms with Gasteiger partial charge in [-0.05, 0) is 37.0 Å². The molecule has 2 rings (SSSR count). The Morgan fingerprint density at radius 3 is 2.45 bits per heavy atom. The number of carbonyl (C=O) groups is 2. The van der Waals surface area contributed by atoms with Crippen LogP contribution in [0.1, 0.15) is 24.8 Å². The van der Waals surface area contributed by atoms with E-state index in [2.05, 4.69) is 11.9 Å². The lowest BCUT2D eigenvalue weighted by Gasteiger charge is -2.19. The van der Waals surface area contributed by atoms with Crippen molar-refractivity contribution in [3.8, 4) is 0 Å². The third-order valence-electron chi connectivity index (χ3n) is 3.59. The van der Waals surface area contributed by atoms with Gasteiger partial charge in [-0.2, -0.15) is 0 Å². The number of rotatable bonds is 6. The summed E-state index contributed by atoms with van der Waals surface area (Å²) in [4.78, 5) is 23.4. The number of nitrogens with one attached hydrogen (secondary N) is 1. The van der Waals surface area contributed by atoms with E-state index in [9.17, 15) is 9.59 Å². The van der Waals surface area contributed by atoms with Gasteiger partial charge in [0.15, 0.2) is 0 Å². The topological polar surface area (TPSA) is 66.4 Å². The summed E-state index contributed by atoms with van der Waals surface area (Å²) in [6.45, 7) is 3.51. The molecule has 0 heterocycles. The Kier molecular flexibility index (Phi) is 4.14. The van der Waals surface area contributed by atoms with Crippen LogP contribution >= 0.6 is 11.6 Å². The van der Waals surface area contributed by atoms with E-state index in [1.165, 1.54) is 6.08 Å². The second-order valence-electron chi connectivity index (χ2n) is 4.98. The Hall–Kier alpha value is -1.81. The van der Waals surface area contributed by atoms with Crippen molar-refractivity contribution in [3.63, 3.8) is 0 Å². The van der Waals surface area contributed by atoms with Crippen molar-refractivity contribution in [2.75, 3.05) is 0 Å². The lowest BCUT2D eigenvalue weighted by Crippen LogP contribution is -2.45. The van der Waals surface area contributed by atoms with Crippen LogP contribution in [0.15, 0.2) is 36.9 Å². The molecule has 1 saturated carbocycles. The van der Waals surface area contributed by atoms with Gasteiger partial charge in [0, 0.05) is 5.02 Å². The number of aliphatic carboxylic acids is 1. The highest BCUT2D eigenvalue weighted by Gasteiger charge is 2.51. The van der Waals surface area contributed by atoms with E-state index < -0.39 is 17.4 Å². The van der Waals surface area contributed by atoms with E-state index in [1.54, 1.807) is 12.1 Å². The molecule has 0 radical (unpaired) electrons. The predicted molar refractivity (Wildman–Crippen MR) is 76.7 cm³/mol. The van der Waals surface area contributed by atoms with E-state index >= 15 is 0 Å². The maximum Gasteiger partial charge on any atom is 0.326 e. The Labute approximate surface area is 122 Å². The average Bonchev–Trinajstić information content (AvgIpc) is 3.20. The quantitative estimate of drug-likeness (QED) is 0.792. The highest BCUT2D eigenvalue weighted by atomic mass is 35.5. The van der Waals surface area contributed by atoms with E-state index in [4.69, 9.17) is 16.7 Å². The fraction of sp³-hybridized carbons (Fsp3) is 0.333. The minimum Gasteiger partial charge on any atom is -0.480 e. The zero-order valence-corrected chi connectivity index (χ0v) is 11.7. The average molecular weight is 294 g/mol. The number of halogens is 1. The number of hydrogen-bond donors (Lipinski definition) is 2. The van der Waals surface area contributed by atoms with Gasteiger partial charge in [0.2, 0.25) is 5.91 Å². The zero-order valence-electron chi connectivity index (χ0n) is 10.9. The molecule has 1 aromatic carbocycles. The van der Waals surface area contributed by atoms with Crippen LogP contribution in [0, 0.1) is 0 Å². The summed E-state index contributed by atoms with van der Waals surface area (Å²) in [5.41, 5.74) is 0.279. The van der Waals surface area contributed by atoms with Crippen molar-refractivity contribution < 1.29 is 14.7 Å². The van der Waals surface area contributed by atoms with Crippen molar-refractivity contribution >= 4 is 23.5 Å². The van der Waals surface area contributed by atoms with Crippen LogP contribution < -0.4 is 5.32 Å². The van der Waals surface area contributed by atoms with Gasteiger partial charge in [0.1, 0.15) is 6.04 Å². The molecule has 1 atom stereocenters. The Morgan fingerprint density at radius 2 is 2.00 bits per heavy atom. The smallest absolute Gasteiger partial charge is 0.326 e. The summed E-state index contributed by atoms with van der Waals surface area (Å²) in [6, 6.07) is 6.19. The van der Waals surface area contributed by atoms with E-state index in [0.29, 0.717) is 5.02 Å². The molecule has 106 valence electrons. The van der Waals surface area contributed by atoms with E-state index in [-0.39, 0.29) is 12.3 Å². The van der Waals surface area contributed by atoms with Gasteiger partial charge in [-0.25, -0.2) is 4.79 Å². The number of carboxylic acid groups (broad SMARTS) is 1. The first kappa shape index (κ1) is 14.6. The van der Waals surface area contributed by atoms with Crippen LogP contribution in [0.4, 0.5) is 0 Å². The molecule has 1 aliphatic carbocycles. The molecule has 0 saturated heterocycles. The van der Waals surface area contributed by atoms with Crippen molar-refractivity contribution in [1.82, 2.24) is 5.32 Å². The maximum absolute atomic E-state index is 12.4. The number of benzene rings is 1. The maximum atomic E-state index is 12.4. The molecule has 1 unspecified atom stereocenters. The third-order valence-corrected chi connectivity index (χ3v) is 3.84. The van der Waals surface area contributed by atoms with Crippen LogP contribution in [-0.4, -0.2) is 23.0 Å². The van der Waals surface area contributed by atoms with Crippen molar-refractivity contribution in [2.24, 2.45) is 0 Å². The van der Waals surface area contributed by atoms with Gasteiger partial charge in [-0.15, -0.1) is 6.58 Å². The lowest BCUT2D eigenvalue weighted by atomic mass is 9.94. The first-order valence-corrected chi connectivity index (χ1v) is 6.78. The minimum absolute atomic E-state index is 0.206. The molecule has 4 nitrogen and oxygen atoms in total. The summed E-state index contributed by atoms with van der Waals surface area (Å²) in [5.74, 6) is -1.29. The van der Waals surface area contributed by atoms with Crippen molar-refractivity contribution in [1.29, 1.82) is 0 Å². The molecule has 0 spiro atoms. The Morgan fingerprint density at radius 1 is 1.40 bits per heavy atom. The standard InChI is InChI=1S/C15H16ClNO3/c1-2-3-12(13(18)19)17-14(20)15(8-9-15)10-4-6-11(16)7-5-10/h2,4-7,12H,1,3,8-9H2,(H,17,20)(H,18,19). The second kappa shape index (κ2) is 5.67. The summed E-state index contributed by atoms with van der Waals surface area (Å²) in [5, 5.41) is 12.3. The van der Waals surface area contributed by atoms with Gasteiger partial charge in [-0.1, -0.05) is 29.8 Å². The van der Waals surface area contributed by atoms with Gasteiger partial charge in [-0.3, -0.25) is 4.79 Å². The summed E-state index contributed by atoms with van der Waals surface area (Å²) < 4.78 is 0. The van der Waals surface area contributed by atoms with Crippen molar-refractivity contribution in [2.45, 2.75) is 30.7 Å². The van der Waals surface area contributed by atoms with Gasteiger partial charge >= 0.3 is 5.97 Å². The SMILES string of the molecule is C=CCC(NC(=O)C1(c2ccc(Cl)cc2)CC1)C(=O)O.